The van der Waals surface area contributed by atoms with Crippen molar-refractivity contribution in [1.29, 1.82) is 0 Å². The number of rotatable bonds is 6. The molecule has 0 saturated heterocycles. The molecular formula is C18H18F4O3. The lowest BCUT2D eigenvalue weighted by Crippen LogP contribution is -2.48. The van der Waals surface area contributed by atoms with E-state index in [9.17, 15) is 22.4 Å². The maximum atomic E-state index is 14.2. The van der Waals surface area contributed by atoms with Gasteiger partial charge in [-0.25, -0.2) is 4.79 Å². The van der Waals surface area contributed by atoms with E-state index in [0.717, 1.165) is 6.08 Å². The van der Waals surface area contributed by atoms with Crippen LogP contribution in [0.5, 0.6) is 11.5 Å². The fraction of sp³-hybridized carbons (Fsp3) is 0.389. The van der Waals surface area contributed by atoms with E-state index < -0.39 is 29.0 Å². The highest BCUT2D eigenvalue weighted by Crippen LogP contribution is 2.48. The molecule has 0 atom stereocenters. The Balaban J connectivity index is 2.23. The summed E-state index contributed by atoms with van der Waals surface area (Å²) in [5.74, 6) is -10.1. The van der Waals surface area contributed by atoms with Crippen LogP contribution < -0.4 is 9.47 Å². The number of esters is 1. The minimum atomic E-state index is -4.63. The van der Waals surface area contributed by atoms with Crippen molar-refractivity contribution in [2.45, 2.75) is 38.5 Å². The summed E-state index contributed by atoms with van der Waals surface area (Å²) in [5.41, 5.74) is -2.07. The van der Waals surface area contributed by atoms with Crippen LogP contribution in [0.3, 0.4) is 0 Å². The molecule has 1 aliphatic rings. The molecule has 0 heterocycles. The minimum Gasteiger partial charge on any atom is -0.494 e. The molecule has 3 nitrogen and oxygen atoms in total. The van der Waals surface area contributed by atoms with Crippen LogP contribution in [0, 0.1) is 0 Å². The smallest absolute Gasteiger partial charge is 0.346 e. The maximum Gasteiger partial charge on any atom is 0.346 e. The molecule has 0 amide bonds. The molecule has 0 unspecified atom stereocenters. The van der Waals surface area contributed by atoms with Gasteiger partial charge in [0, 0.05) is 5.57 Å². The Bertz CT molecular complexity index is 691. The van der Waals surface area contributed by atoms with Crippen LogP contribution in [0.2, 0.25) is 0 Å². The molecule has 1 aromatic rings. The predicted octanol–water partition coefficient (Wildman–Crippen LogP) is 4.93. The fourth-order valence-corrected chi connectivity index (χ4v) is 2.40. The average Bonchev–Trinajstić information content (AvgIpc) is 2.54. The molecule has 0 saturated carbocycles. The summed E-state index contributed by atoms with van der Waals surface area (Å²) in [6.45, 7) is 3.82. The minimum absolute atomic E-state index is 0.0446. The van der Waals surface area contributed by atoms with Crippen molar-refractivity contribution < 1.29 is 31.8 Å². The van der Waals surface area contributed by atoms with E-state index in [2.05, 4.69) is 0 Å². The molecule has 7 heteroatoms. The van der Waals surface area contributed by atoms with Crippen LogP contribution in [0.4, 0.5) is 17.6 Å². The molecule has 1 aliphatic carbocycles. The van der Waals surface area contributed by atoms with Crippen molar-refractivity contribution in [3.05, 3.63) is 47.6 Å². The third-order valence-electron chi connectivity index (χ3n) is 3.67. The monoisotopic (exact) mass is 358 g/mol. The quantitative estimate of drug-likeness (QED) is 0.411. The number of hydrogen-bond donors (Lipinski definition) is 0. The first-order chi connectivity index (χ1) is 11.7. The van der Waals surface area contributed by atoms with Crippen molar-refractivity contribution >= 4 is 5.97 Å². The van der Waals surface area contributed by atoms with Crippen molar-refractivity contribution in [2.75, 3.05) is 6.61 Å². The molecule has 1 aromatic carbocycles. The molecule has 136 valence electrons. The Hall–Kier alpha value is -2.31. The van der Waals surface area contributed by atoms with Gasteiger partial charge >= 0.3 is 17.8 Å². The van der Waals surface area contributed by atoms with Gasteiger partial charge in [0.25, 0.3) is 0 Å². The van der Waals surface area contributed by atoms with Gasteiger partial charge in [0.1, 0.15) is 17.1 Å². The number of alkyl halides is 4. The zero-order chi connectivity index (χ0) is 18.7. The van der Waals surface area contributed by atoms with Crippen LogP contribution >= 0.6 is 0 Å². The molecule has 25 heavy (non-hydrogen) atoms. The van der Waals surface area contributed by atoms with Crippen molar-refractivity contribution in [2.24, 2.45) is 0 Å². The van der Waals surface area contributed by atoms with Gasteiger partial charge in [-0.3, -0.25) is 0 Å². The SMILES string of the molecule is CCCC1=CC=C(C(=O)Oc2ccc(OCC)cc2)C(F)(F)C1(F)F. The summed E-state index contributed by atoms with van der Waals surface area (Å²) >= 11 is 0. The van der Waals surface area contributed by atoms with Crippen molar-refractivity contribution in [1.82, 2.24) is 0 Å². The molecule has 0 aromatic heterocycles. The predicted molar refractivity (Wildman–Crippen MR) is 84.2 cm³/mol. The standard InChI is InChI=1S/C18H18F4O3/c1-3-5-12-6-11-15(18(21,22)17(12,19)20)16(23)25-14-9-7-13(8-10-14)24-4-2/h6-11H,3-5H2,1-2H3. The number of hydrogen-bond acceptors (Lipinski definition) is 3. The van der Waals surface area contributed by atoms with Gasteiger partial charge in [0.2, 0.25) is 0 Å². The number of ether oxygens (including phenoxy) is 2. The number of carbonyl (C=O) groups is 1. The van der Waals surface area contributed by atoms with E-state index in [-0.39, 0.29) is 18.6 Å². The van der Waals surface area contributed by atoms with E-state index in [1.807, 2.05) is 0 Å². The van der Waals surface area contributed by atoms with E-state index >= 15 is 0 Å². The van der Waals surface area contributed by atoms with Gasteiger partial charge in [-0.15, -0.1) is 0 Å². The summed E-state index contributed by atoms with van der Waals surface area (Å²) in [7, 11) is 0. The first-order valence-corrected chi connectivity index (χ1v) is 7.86. The van der Waals surface area contributed by atoms with Gasteiger partial charge in [-0.2, -0.15) is 17.6 Å². The van der Waals surface area contributed by atoms with Crippen LogP contribution in [0.25, 0.3) is 0 Å². The number of benzene rings is 1. The summed E-state index contributed by atoms with van der Waals surface area (Å²) in [5, 5.41) is 0. The van der Waals surface area contributed by atoms with E-state index in [1.165, 1.54) is 24.3 Å². The molecule has 0 bridgehead atoms. The molecule has 0 spiro atoms. The lowest BCUT2D eigenvalue weighted by Gasteiger charge is -2.32. The lowest BCUT2D eigenvalue weighted by molar-refractivity contribution is -0.173. The van der Waals surface area contributed by atoms with E-state index in [4.69, 9.17) is 9.47 Å². The normalized spacial score (nSPS) is 18.2. The number of allylic oxidation sites excluding steroid dienone is 3. The summed E-state index contributed by atoms with van der Waals surface area (Å²) in [6.07, 6.45) is 1.69. The Morgan fingerprint density at radius 1 is 0.960 bits per heavy atom. The second-order valence-electron chi connectivity index (χ2n) is 5.46. The zero-order valence-corrected chi connectivity index (χ0v) is 13.8. The van der Waals surface area contributed by atoms with Crippen LogP contribution in [-0.4, -0.2) is 24.4 Å². The lowest BCUT2D eigenvalue weighted by atomic mass is 9.88. The van der Waals surface area contributed by atoms with Gasteiger partial charge in [-0.1, -0.05) is 19.4 Å². The third-order valence-corrected chi connectivity index (χ3v) is 3.67. The molecular weight excluding hydrogens is 340 g/mol. The van der Waals surface area contributed by atoms with Crippen LogP contribution in [0.1, 0.15) is 26.7 Å². The first kappa shape index (κ1) is 19.0. The summed E-state index contributed by atoms with van der Waals surface area (Å²) in [4.78, 5) is 12.0. The van der Waals surface area contributed by atoms with Gasteiger partial charge in [-0.05, 0) is 43.7 Å². The van der Waals surface area contributed by atoms with Gasteiger partial charge in [0.05, 0.1) is 6.61 Å². The van der Waals surface area contributed by atoms with Gasteiger partial charge < -0.3 is 9.47 Å². The average molecular weight is 358 g/mol. The Morgan fingerprint density at radius 3 is 2.12 bits per heavy atom. The van der Waals surface area contributed by atoms with Gasteiger partial charge in [0.15, 0.2) is 0 Å². The van der Waals surface area contributed by atoms with E-state index in [1.54, 1.807) is 13.8 Å². The highest BCUT2D eigenvalue weighted by atomic mass is 19.3. The maximum absolute atomic E-state index is 14.2. The third kappa shape index (κ3) is 3.70. The Kier molecular flexibility index (Phi) is 5.55. The number of carbonyl (C=O) groups excluding carboxylic acids is 1. The Morgan fingerprint density at radius 2 is 1.56 bits per heavy atom. The zero-order valence-electron chi connectivity index (χ0n) is 13.8. The molecule has 0 radical (unpaired) electrons. The highest BCUT2D eigenvalue weighted by molar-refractivity contribution is 5.93. The topological polar surface area (TPSA) is 35.5 Å². The molecule has 0 aliphatic heterocycles. The Labute approximate surface area is 142 Å². The molecule has 0 fully saturated rings. The number of halogens is 4. The van der Waals surface area contributed by atoms with Crippen molar-refractivity contribution in [3.8, 4) is 11.5 Å². The molecule has 0 N–H and O–H groups in total. The first-order valence-electron chi connectivity index (χ1n) is 7.86. The molecule has 2 rings (SSSR count). The second kappa shape index (κ2) is 7.29. The highest BCUT2D eigenvalue weighted by Gasteiger charge is 2.63. The largest absolute Gasteiger partial charge is 0.494 e. The summed E-state index contributed by atoms with van der Waals surface area (Å²) < 4.78 is 66.4. The van der Waals surface area contributed by atoms with Crippen molar-refractivity contribution in [3.63, 3.8) is 0 Å². The fourth-order valence-electron chi connectivity index (χ4n) is 2.40. The van der Waals surface area contributed by atoms with Crippen LogP contribution in [0.15, 0.2) is 47.6 Å². The van der Waals surface area contributed by atoms with E-state index in [0.29, 0.717) is 18.4 Å². The second-order valence-corrected chi connectivity index (χ2v) is 5.46. The summed E-state index contributed by atoms with van der Waals surface area (Å²) in [6, 6.07) is 5.63. The van der Waals surface area contributed by atoms with Crippen LogP contribution in [-0.2, 0) is 4.79 Å².